The van der Waals surface area contributed by atoms with Crippen molar-refractivity contribution in [3.8, 4) is 0 Å². The first-order valence-corrected chi connectivity index (χ1v) is 8.71. The first-order chi connectivity index (χ1) is 9.91. The van der Waals surface area contributed by atoms with Crippen LogP contribution in [0.5, 0.6) is 0 Å². The molecule has 21 heavy (non-hydrogen) atoms. The van der Waals surface area contributed by atoms with Gasteiger partial charge in [0.05, 0.1) is 0 Å². The van der Waals surface area contributed by atoms with Crippen molar-refractivity contribution in [1.82, 2.24) is 5.32 Å². The fraction of sp³-hybridized carbons (Fsp3) is 0.700. The number of nitrogens with one attached hydrogen (secondary N) is 1. The third-order valence-corrected chi connectivity index (χ3v) is 5.45. The summed E-state index contributed by atoms with van der Waals surface area (Å²) in [6.45, 7) is 12.6. The van der Waals surface area contributed by atoms with Crippen LogP contribution < -0.4 is 5.32 Å². The molecule has 0 radical (unpaired) electrons. The summed E-state index contributed by atoms with van der Waals surface area (Å²) in [4.78, 5) is 0. The van der Waals surface area contributed by atoms with E-state index in [4.69, 9.17) is 0 Å². The summed E-state index contributed by atoms with van der Waals surface area (Å²) in [6, 6.07) is 7.62. The Kier molecular flexibility index (Phi) is 5.48. The quantitative estimate of drug-likeness (QED) is 0.800. The van der Waals surface area contributed by atoms with Crippen molar-refractivity contribution in [2.45, 2.75) is 72.8 Å². The zero-order valence-corrected chi connectivity index (χ0v) is 14.6. The lowest BCUT2D eigenvalue weighted by atomic mass is 9.70. The summed E-state index contributed by atoms with van der Waals surface area (Å²) in [7, 11) is 0. The molecule has 1 aromatic rings. The minimum atomic E-state index is 0.563. The van der Waals surface area contributed by atoms with Gasteiger partial charge in [-0.1, -0.05) is 39.0 Å². The van der Waals surface area contributed by atoms with E-state index in [-0.39, 0.29) is 0 Å². The molecule has 1 atom stereocenters. The predicted octanol–water partition coefficient (Wildman–Crippen LogP) is 5.04. The van der Waals surface area contributed by atoms with E-state index < -0.39 is 0 Å². The molecule has 1 nitrogen and oxygen atoms in total. The van der Waals surface area contributed by atoms with Crippen molar-refractivity contribution in [3.05, 3.63) is 34.9 Å². The molecule has 0 heterocycles. The molecule has 0 bridgehead atoms. The van der Waals surface area contributed by atoms with Crippen molar-refractivity contribution >= 4 is 0 Å². The summed E-state index contributed by atoms with van der Waals surface area (Å²) >= 11 is 0. The Bertz CT molecular complexity index is 451. The van der Waals surface area contributed by atoms with E-state index in [1.807, 2.05) is 0 Å². The Morgan fingerprint density at radius 1 is 1.14 bits per heavy atom. The molecular weight excluding hydrogens is 254 g/mol. The lowest BCUT2D eigenvalue weighted by molar-refractivity contribution is 0.161. The number of benzene rings is 1. The largest absolute Gasteiger partial charge is 0.314 e. The van der Waals surface area contributed by atoms with Gasteiger partial charge in [0, 0.05) is 6.04 Å². The van der Waals surface area contributed by atoms with E-state index in [2.05, 4.69) is 58.1 Å². The maximum atomic E-state index is 3.76. The smallest absolute Gasteiger partial charge is 0.0136 e. The van der Waals surface area contributed by atoms with Gasteiger partial charge in [-0.05, 0) is 80.5 Å². The molecule has 1 aliphatic carbocycles. The molecule has 0 amide bonds. The molecule has 2 rings (SSSR count). The van der Waals surface area contributed by atoms with E-state index in [9.17, 15) is 0 Å². The van der Waals surface area contributed by atoms with Crippen LogP contribution in [-0.2, 0) is 6.42 Å². The van der Waals surface area contributed by atoms with Crippen molar-refractivity contribution in [3.63, 3.8) is 0 Å². The first kappa shape index (κ1) is 16.5. The monoisotopic (exact) mass is 287 g/mol. The summed E-state index contributed by atoms with van der Waals surface area (Å²) in [5.41, 5.74) is 4.88. The first-order valence-electron chi connectivity index (χ1n) is 8.71. The molecule has 0 spiro atoms. The maximum absolute atomic E-state index is 3.76. The molecule has 1 aromatic carbocycles. The third-order valence-electron chi connectivity index (χ3n) is 5.45. The topological polar surface area (TPSA) is 12.0 Å². The molecule has 1 saturated carbocycles. The van der Waals surface area contributed by atoms with Crippen LogP contribution in [0.25, 0.3) is 0 Å². The molecule has 1 fully saturated rings. The maximum Gasteiger partial charge on any atom is 0.0136 e. The lowest BCUT2D eigenvalue weighted by Crippen LogP contribution is -2.40. The molecule has 0 aliphatic heterocycles. The highest BCUT2D eigenvalue weighted by Crippen LogP contribution is 2.39. The number of likely N-dealkylation sites (N-methyl/N-ethyl adjacent to an activating group) is 1. The second-order valence-electron chi connectivity index (χ2n) is 7.79. The third kappa shape index (κ3) is 4.57. The summed E-state index contributed by atoms with van der Waals surface area (Å²) < 4.78 is 0. The Hall–Kier alpha value is -0.820. The van der Waals surface area contributed by atoms with Crippen molar-refractivity contribution in [2.24, 2.45) is 11.3 Å². The van der Waals surface area contributed by atoms with Gasteiger partial charge in [-0.15, -0.1) is 0 Å². The number of aryl methyl sites for hydroxylation is 2. The van der Waals surface area contributed by atoms with Crippen LogP contribution in [0.1, 0.15) is 63.1 Å². The van der Waals surface area contributed by atoms with E-state index in [1.54, 1.807) is 0 Å². The van der Waals surface area contributed by atoms with Gasteiger partial charge >= 0.3 is 0 Å². The highest BCUT2D eigenvalue weighted by Gasteiger charge is 2.31. The Balaban J connectivity index is 2.03. The van der Waals surface area contributed by atoms with Gasteiger partial charge in [0.15, 0.2) is 0 Å². The Labute approximate surface area is 131 Å². The minimum Gasteiger partial charge on any atom is -0.314 e. The molecule has 1 unspecified atom stereocenters. The zero-order chi connectivity index (χ0) is 15.5. The van der Waals surface area contributed by atoms with E-state index in [1.165, 1.54) is 48.8 Å². The van der Waals surface area contributed by atoms with E-state index >= 15 is 0 Å². The van der Waals surface area contributed by atoms with Crippen LogP contribution in [0.3, 0.4) is 0 Å². The van der Waals surface area contributed by atoms with Gasteiger partial charge in [-0.3, -0.25) is 0 Å². The summed E-state index contributed by atoms with van der Waals surface area (Å²) in [5, 5.41) is 3.76. The Morgan fingerprint density at radius 2 is 1.81 bits per heavy atom. The highest BCUT2D eigenvalue weighted by molar-refractivity contribution is 5.30. The van der Waals surface area contributed by atoms with Gasteiger partial charge in [0.25, 0.3) is 0 Å². The molecule has 1 N–H and O–H groups in total. The van der Waals surface area contributed by atoms with Gasteiger partial charge in [0.1, 0.15) is 0 Å². The fourth-order valence-electron chi connectivity index (χ4n) is 3.68. The molecule has 1 aliphatic rings. The SMILES string of the molecule is CCNC(Cc1ccc(C)c(C)c1)C1CCC(C)(C)CC1. The van der Waals surface area contributed by atoms with Crippen LogP contribution in [0, 0.1) is 25.2 Å². The zero-order valence-electron chi connectivity index (χ0n) is 14.6. The van der Waals surface area contributed by atoms with Gasteiger partial charge in [-0.25, -0.2) is 0 Å². The summed E-state index contributed by atoms with van der Waals surface area (Å²) in [6.07, 6.45) is 6.71. The van der Waals surface area contributed by atoms with Crippen molar-refractivity contribution < 1.29 is 0 Å². The molecule has 0 saturated heterocycles. The number of rotatable bonds is 5. The second kappa shape index (κ2) is 6.96. The van der Waals surface area contributed by atoms with Crippen LogP contribution in [-0.4, -0.2) is 12.6 Å². The lowest BCUT2D eigenvalue weighted by Gasteiger charge is -2.38. The van der Waals surface area contributed by atoms with E-state index in [0.29, 0.717) is 11.5 Å². The van der Waals surface area contributed by atoms with Crippen molar-refractivity contribution in [2.75, 3.05) is 6.54 Å². The average molecular weight is 287 g/mol. The summed E-state index contributed by atoms with van der Waals surface area (Å²) in [5.74, 6) is 0.847. The predicted molar refractivity (Wildman–Crippen MR) is 92.8 cm³/mol. The number of hydrogen-bond acceptors (Lipinski definition) is 1. The van der Waals surface area contributed by atoms with Gasteiger partial charge in [-0.2, -0.15) is 0 Å². The van der Waals surface area contributed by atoms with Crippen LogP contribution in [0.15, 0.2) is 18.2 Å². The number of hydrogen-bond donors (Lipinski definition) is 1. The van der Waals surface area contributed by atoms with Crippen LogP contribution >= 0.6 is 0 Å². The molecular formula is C20H33N. The Morgan fingerprint density at radius 3 is 2.38 bits per heavy atom. The van der Waals surface area contributed by atoms with Crippen molar-refractivity contribution in [1.29, 1.82) is 0 Å². The minimum absolute atomic E-state index is 0.563. The second-order valence-corrected chi connectivity index (χ2v) is 7.79. The van der Waals surface area contributed by atoms with E-state index in [0.717, 1.165) is 12.5 Å². The van der Waals surface area contributed by atoms with Gasteiger partial charge in [0.2, 0.25) is 0 Å². The standard InChI is InChI=1S/C20H33N/c1-6-21-19(18-9-11-20(4,5)12-10-18)14-17-8-7-15(2)16(3)13-17/h7-8,13,18-19,21H,6,9-12,14H2,1-5H3. The fourth-order valence-corrected chi connectivity index (χ4v) is 3.68. The molecule has 118 valence electrons. The normalized spacial score (nSPS) is 20.4. The molecule has 1 heteroatoms. The van der Waals surface area contributed by atoms with Crippen LogP contribution in [0.2, 0.25) is 0 Å². The highest BCUT2D eigenvalue weighted by atomic mass is 14.9. The van der Waals surface area contributed by atoms with Gasteiger partial charge < -0.3 is 5.32 Å². The molecule has 0 aromatic heterocycles. The average Bonchev–Trinajstić information content (AvgIpc) is 2.42. The van der Waals surface area contributed by atoms with Crippen LogP contribution in [0.4, 0.5) is 0 Å².